The average Bonchev–Trinajstić information content (AvgIpc) is 3.45. The summed E-state index contributed by atoms with van der Waals surface area (Å²) in [5, 5.41) is 0. The van der Waals surface area contributed by atoms with E-state index in [2.05, 4.69) is 149 Å². The zero-order valence-corrected chi connectivity index (χ0v) is 28.4. The topological polar surface area (TPSA) is 0 Å². The zero-order chi connectivity index (χ0) is 27.4. The maximum absolute atomic E-state index is 2.74. The van der Waals surface area contributed by atoms with Gasteiger partial charge in [-0.1, -0.05) is 0 Å². The van der Waals surface area contributed by atoms with Crippen LogP contribution in [0.4, 0.5) is 0 Å². The second-order valence-electron chi connectivity index (χ2n) is 11.6. The molecule has 42 heavy (non-hydrogen) atoms. The minimum atomic E-state index is -2.74. The van der Waals surface area contributed by atoms with Crippen LogP contribution in [-0.2, 0) is 21.3 Å². The van der Waals surface area contributed by atoms with E-state index in [1.54, 1.807) is 14.3 Å². The quantitative estimate of drug-likeness (QED) is 0.275. The average molecular weight is 665 g/mol. The van der Waals surface area contributed by atoms with Crippen LogP contribution in [0.25, 0.3) is 16.7 Å². The van der Waals surface area contributed by atoms with E-state index < -0.39 is 21.3 Å². The molecule has 0 aliphatic heterocycles. The largest absolute Gasteiger partial charge is 1.00 e. The summed E-state index contributed by atoms with van der Waals surface area (Å²) in [4.78, 5) is 0. The van der Waals surface area contributed by atoms with Crippen LogP contribution in [0.3, 0.4) is 0 Å². The molecule has 2 aliphatic rings. The molecule has 1 atom stereocenters. The Labute approximate surface area is 270 Å². The van der Waals surface area contributed by atoms with Crippen LogP contribution in [0.15, 0.2) is 121 Å². The molecule has 0 N–H and O–H groups in total. The Balaban J connectivity index is 0.00000176. The fraction of sp³-hybridized carbons (Fsp3) is 0.154. The molecule has 0 heterocycles. The van der Waals surface area contributed by atoms with E-state index in [0.29, 0.717) is 7.25 Å². The first-order valence-corrected chi connectivity index (χ1v) is 18.4. The monoisotopic (exact) mass is 662 g/mol. The maximum Gasteiger partial charge on any atom is -1.00 e. The molecule has 0 nitrogen and oxygen atoms in total. The summed E-state index contributed by atoms with van der Waals surface area (Å²) >= 11 is -2.74. The molecule has 0 saturated carbocycles. The molecule has 0 spiro atoms. The molecular formula is C39H34Cl2Zr. The summed E-state index contributed by atoms with van der Waals surface area (Å²) in [6.45, 7) is 9.06. The Morgan fingerprint density at radius 1 is 0.500 bits per heavy atom. The van der Waals surface area contributed by atoms with Gasteiger partial charge < -0.3 is 24.8 Å². The standard InChI is InChI=1S/C15H13.C13H10.C11H11.2ClH.Zr/c1-10-3-5-14-12(7-10)9-13-8-11(2)4-6-15(13)14;1-3-7-12(8-4-1)11-13-9-5-2-6-10-13;1-8-3-5-10-6-4-9(2)11(10)7-8;;;/h3-9H,1-2H3;1-10H;3-7H,1-2H3;2*1H;/q;;;;;+2/p-2. The molecule has 0 radical (unpaired) electrons. The molecule has 1 unspecified atom stereocenters. The third kappa shape index (κ3) is 5.26. The van der Waals surface area contributed by atoms with Crippen molar-refractivity contribution in [2.24, 2.45) is 0 Å². The summed E-state index contributed by atoms with van der Waals surface area (Å²) in [5.74, 6) is 0. The van der Waals surface area contributed by atoms with Gasteiger partial charge in [0.15, 0.2) is 0 Å². The van der Waals surface area contributed by atoms with Gasteiger partial charge in [-0.15, -0.1) is 0 Å². The number of allylic oxidation sites excluding steroid dienone is 2. The first-order chi connectivity index (χ1) is 19.5. The summed E-state index contributed by atoms with van der Waals surface area (Å²) in [7, 11) is 0. The number of benzene rings is 5. The van der Waals surface area contributed by atoms with Crippen LogP contribution in [0.2, 0.25) is 0 Å². The fourth-order valence-electron chi connectivity index (χ4n) is 6.99. The van der Waals surface area contributed by atoms with Gasteiger partial charge in [-0.2, -0.15) is 0 Å². The molecule has 0 bridgehead atoms. The Hall–Kier alpha value is -2.83. The van der Waals surface area contributed by atoms with E-state index in [-0.39, 0.29) is 24.8 Å². The van der Waals surface area contributed by atoms with Gasteiger partial charge in [-0.05, 0) is 0 Å². The number of hydrogen-bond donors (Lipinski definition) is 0. The zero-order valence-electron chi connectivity index (χ0n) is 24.5. The third-order valence-electron chi connectivity index (χ3n) is 8.77. The van der Waals surface area contributed by atoms with Gasteiger partial charge >= 0.3 is 248 Å². The van der Waals surface area contributed by atoms with Crippen molar-refractivity contribution in [3.63, 3.8) is 0 Å². The van der Waals surface area contributed by atoms with Crippen LogP contribution < -0.4 is 24.8 Å². The maximum atomic E-state index is 2.65. The van der Waals surface area contributed by atoms with Crippen molar-refractivity contribution in [2.45, 2.75) is 34.9 Å². The van der Waals surface area contributed by atoms with Crippen LogP contribution >= 0.6 is 0 Å². The van der Waals surface area contributed by atoms with Crippen molar-refractivity contribution in [2.75, 3.05) is 0 Å². The summed E-state index contributed by atoms with van der Waals surface area (Å²) in [5.41, 5.74) is 17.2. The predicted octanol–water partition coefficient (Wildman–Crippen LogP) is 3.74. The van der Waals surface area contributed by atoms with E-state index in [9.17, 15) is 0 Å². The Morgan fingerprint density at radius 2 is 0.976 bits per heavy atom. The molecule has 2 aliphatic carbocycles. The second kappa shape index (κ2) is 12.4. The molecule has 5 aromatic carbocycles. The number of fused-ring (bicyclic) bond motifs is 4. The van der Waals surface area contributed by atoms with Crippen LogP contribution in [0.5, 0.6) is 0 Å². The molecular weight excluding hydrogens is 631 g/mol. The van der Waals surface area contributed by atoms with E-state index in [4.69, 9.17) is 0 Å². The van der Waals surface area contributed by atoms with Crippen LogP contribution in [0.1, 0.15) is 64.2 Å². The predicted molar refractivity (Wildman–Crippen MR) is 167 cm³/mol. The molecule has 3 heteroatoms. The summed E-state index contributed by atoms with van der Waals surface area (Å²) in [6, 6.07) is 44.2. The molecule has 0 fully saturated rings. The van der Waals surface area contributed by atoms with Crippen molar-refractivity contribution in [1.82, 2.24) is 0 Å². The fourth-order valence-corrected chi connectivity index (χ4v) is 17.1. The van der Waals surface area contributed by atoms with Gasteiger partial charge in [0.1, 0.15) is 0 Å². The first-order valence-electron chi connectivity index (χ1n) is 14.4. The second-order valence-corrected chi connectivity index (χ2v) is 18.0. The normalized spacial score (nSPS) is 14.4. The minimum Gasteiger partial charge on any atom is -1.00 e. The van der Waals surface area contributed by atoms with E-state index in [1.807, 2.05) is 0 Å². The van der Waals surface area contributed by atoms with Crippen molar-refractivity contribution >= 4 is 8.78 Å². The van der Waals surface area contributed by atoms with Gasteiger partial charge in [-0.25, -0.2) is 0 Å². The smallest absolute Gasteiger partial charge is 1.00 e. The van der Waals surface area contributed by atoms with Gasteiger partial charge in [-0.3, -0.25) is 0 Å². The molecule has 7 rings (SSSR count). The molecule has 208 valence electrons. The van der Waals surface area contributed by atoms with Crippen molar-refractivity contribution < 1.29 is 46.1 Å². The summed E-state index contributed by atoms with van der Waals surface area (Å²) in [6.07, 6.45) is 2.65. The van der Waals surface area contributed by atoms with Crippen molar-refractivity contribution in [3.05, 3.63) is 171 Å². The number of hydrogen-bond acceptors (Lipinski definition) is 0. The first kappa shape index (κ1) is 30.6. The summed E-state index contributed by atoms with van der Waals surface area (Å²) < 4.78 is 2.51. The van der Waals surface area contributed by atoms with E-state index in [0.717, 1.165) is 0 Å². The van der Waals surface area contributed by atoms with E-state index >= 15 is 0 Å². The Morgan fingerprint density at radius 3 is 1.50 bits per heavy atom. The third-order valence-corrected chi connectivity index (χ3v) is 17.5. The molecule has 0 amide bonds. The molecule has 0 saturated heterocycles. The van der Waals surface area contributed by atoms with Crippen LogP contribution in [-0.4, -0.2) is 3.21 Å². The Bertz CT molecular complexity index is 1740. The number of rotatable bonds is 4. The van der Waals surface area contributed by atoms with Crippen LogP contribution in [0, 0.1) is 20.8 Å². The minimum absolute atomic E-state index is 0. The SMILES string of the molecule is CC1=C[CH]([Zr+2](=[C](c2ccccc2)c2ccccc2)[CH]2c3cc(C)ccc3-c3ccc(C)cc32)c2ccc(C)cc21.[Cl-].[Cl-]. The Kier molecular flexibility index (Phi) is 9.06. The molecule has 5 aromatic rings. The van der Waals surface area contributed by atoms with Gasteiger partial charge in [0.25, 0.3) is 0 Å². The number of aryl methyl sites for hydroxylation is 3. The van der Waals surface area contributed by atoms with E-state index in [1.165, 1.54) is 55.6 Å². The number of halogens is 2. The van der Waals surface area contributed by atoms with Gasteiger partial charge in [0.2, 0.25) is 0 Å². The van der Waals surface area contributed by atoms with Crippen molar-refractivity contribution in [3.8, 4) is 11.1 Å². The molecule has 0 aromatic heterocycles. The van der Waals surface area contributed by atoms with Gasteiger partial charge in [0, 0.05) is 0 Å². The van der Waals surface area contributed by atoms with Gasteiger partial charge in [0.05, 0.1) is 0 Å². The van der Waals surface area contributed by atoms with Crippen molar-refractivity contribution in [1.29, 1.82) is 0 Å².